The van der Waals surface area contributed by atoms with Gasteiger partial charge in [0.2, 0.25) is 5.91 Å². The molecule has 1 saturated heterocycles. The van der Waals surface area contributed by atoms with Crippen molar-refractivity contribution < 1.29 is 14.7 Å². The largest absolute Gasteiger partial charge is 0.481 e. The van der Waals surface area contributed by atoms with Gasteiger partial charge in [0.1, 0.15) is 0 Å². The Kier molecular flexibility index (Phi) is 4.99. The Balaban J connectivity index is 2.06. The first-order valence-electron chi connectivity index (χ1n) is 7.61. The van der Waals surface area contributed by atoms with E-state index in [0.717, 1.165) is 31.6 Å². The Hall–Kier alpha value is -0.710. The normalized spacial score (nSPS) is 30.0. The van der Waals surface area contributed by atoms with Crippen LogP contribution in [-0.4, -0.2) is 45.5 Å². The lowest BCUT2D eigenvalue weighted by Crippen LogP contribution is -2.50. The Bertz CT molecular complexity index is 379. The molecule has 5 heteroatoms. The third-order valence-corrected chi connectivity index (χ3v) is 6.30. The molecule has 0 aromatic carbocycles. The summed E-state index contributed by atoms with van der Waals surface area (Å²) in [6, 6.07) is 0.204. The van der Waals surface area contributed by atoms with Gasteiger partial charge in [-0.3, -0.25) is 9.59 Å². The number of carbonyl (C=O) groups excluding carboxylic acids is 1. The number of aliphatic carboxylic acids is 1. The number of hydrogen-bond donors (Lipinski definition) is 1. The second-order valence-electron chi connectivity index (χ2n) is 6.23. The smallest absolute Gasteiger partial charge is 0.310 e. The standard InChI is InChI=1S/C15H25NO3S/c1-11-12(2)20-9-8-16(11)13(17)10-15(14(18)19)6-4-3-5-7-15/h11-12H,3-10H2,1-2H3,(H,18,19). The van der Waals surface area contributed by atoms with Crippen molar-refractivity contribution in [3.05, 3.63) is 0 Å². The highest BCUT2D eigenvalue weighted by Gasteiger charge is 2.43. The fourth-order valence-electron chi connectivity index (χ4n) is 3.37. The molecular formula is C15H25NO3S. The van der Waals surface area contributed by atoms with E-state index in [1.54, 1.807) is 0 Å². The van der Waals surface area contributed by atoms with E-state index in [2.05, 4.69) is 13.8 Å². The molecule has 2 unspecified atom stereocenters. The number of hydrogen-bond acceptors (Lipinski definition) is 3. The molecule has 1 heterocycles. The molecule has 2 rings (SSSR count). The minimum atomic E-state index is -0.803. The Morgan fingerprint density at radius 2 is 1.90 bits per heavy atom. The highest BCUT2D eigenvalue weighted by atomic mass is 32.2. The predicted octanol–water partition coefficient (Wildman–Crippen LogP) is 2.76. The van der Waals surface area contributed by atoms with Crippen LogP contribution < -0.4 is 0 Å². The fraction of sp³-hybridized carbons (Fsp3) is 0.867. The zero-order valence-corrected chi connectivity index (χ0v) is 13.2. The second kappa shape index (κ2) is 6.37. The first-order valence-corrected chi connectivity index (χ1v) is 8.66. The van der Waals surface area contributed by atoms with Gasteiger partial charge in [0.25, 0.3) is 0 Å². The van der Waals surface area contributed by atoms with Crippen LogP contribution in [0.15, 0.2) is 0 Å². The molecule has 0 radical (unpaired) electrons. The molecule has 1 aliphatic carbocycles. The van der Waals surface area contributed by atoms with E-state index in [0.29, 0.717) is 18.1 Å². The zero-order chi connectivity index (χ0) is 14.8. The Morgan fingerprint density at radius 1 is 1.25 bits per heavy atom. The number of nitrogens with zero attached hydrogens (tertiary/aromatic N) is 1. The van der Waals surface area contributed by atoms with E-state index in [9.17, 15) is 14.7 Å². The molecule has 2 atom stereocenters. The number of amides is 1. The fourth-order valence-corrected chi connectivity index (χ4v) is 4.47. The second-order valence-corrected chi connectivity index (χ2v) is 7.71. The number of thioether (sulfide) groups is 1. The van der Waals surface area contributed by atoms with Gasteiger partial charge in [-0.25, -0.2) is 0 Å². The molecule has 0 aromatic rings. The van der Waals surface area contributed by atoms with E-state index < -0.39 is 11.4 Å². The van der Waals surface area contributed by atoms with Gasteiger partial charge < -0.3 is 10.0 Å². The van der Waals surface area contributed by atoms with Gasteiger partial charge >= 0.3 is 5.97 Å². The minimum Gasteiger partial charge on any atom is -0.481 e. The summed E-state index contributed by atoms with van der Waals surface area (Å²) in [5.74, 6) is 0.212. The van der Waals surface area contributed by atoms with Crippen molar-refractivity contribution in [3.8, 4) is 0 Å². The molecule has 0 bridgehead atoms. The van der Waals surface area contributed by atoms with Crippen molar-refractivity contribution in [2.24, 2.45) is 5.41 Å². The number of carbonyl (C=O) groups is 2. The Morgan fingerprint density at radius 3 is 2.50 bits per heavy atom. The van der Waals surface area contributed by atoms with Gasteiger partial charge in [0.05, 0.1) is 5.41 Å². The monoisotopic (exact) mass is 299 g/mol. The lowest BCUT2D eigenvalue weighted by Gasteiger charge is -2.40. The molecule has 0 aromatic heterocycles. The van der Waals surface area contributed by atoms with E-state index in [1.165, 1.54) is 0 Å². The van der Waals surface area contributed by atoms with Crippen molar-refractivity contribution in [2.75, 3.05) is 12.3 Å². The van der Waals surface area contributed by atoms with Crippen molar-refractivity contribution in [2.45, 2.75) is 63.7 Å². The summed E-state index contributed by atoms with van der Waals surface area (Å²) in [7, 11) is 0. The topological polar surface area (TPSA) is 57.6 Å². The lowest BCUT2D eigenvalue weighted by atomic mass is 9.71. The first-order chi connectivity index (χ1) is 9.46. The van der Waals surface area contributed by atoms with Gasteiger partial charge in [-0.05, 0) is 19.8 Å². The summed E-state index contributed by atoms with van der Waals surface area (Å²) in [5.41, 5.74) is -0.803. The molecule has 1 amide bonds. The number of carboxylic acid groups (broad SMARTS) is 1. The molecule has 0 spiro atoms. The van der Waals surface area contributed by atoms with Crippen molar-refractivity contribution in [1.82, 2.24) is 4.90 Å². The van der Waals surface area contributed by atoms with Crippen LogP contribution in [-0.2, 0) is 9.59 Å². The van der Waals surface area contributed by atoms with Crippen LogP contribution in [0.4, 0.5) is 0 Å². The van der Waals surface area contributed by atoms with Crippen LogP contribution in [0.1, 0.15) is 52.4 Å². The average Bonchev–Trinajstić information content (AvgIpc) is 2.42. The van der Waals surface area contributed by atoms with Gasteiger partial charge in [-0.2, -0.15) is 11.8 Å². The molecule has 114 valence electrons. The average molecular weight is 299 g/mol. The third-order valence-electron chi connectivity index (χ3n) is 4.96. The molecule has 1 N–H and O–H groups in total. The molecule has 4 nitrogen and oxygen atoms in total. The highest BCUT2D eigenvalue weighted by molar-refractivity contribution is 8.00. The quantitative estimate of drug-likeness (QED) is 0.870. The van der Waals surface area contributed by atoms with Crippen molar-refractivity contribution in [3.63, 3.8) is 0 Å². The van der Waals surface area contributed by atoms with Crippen LogP contribution in [0, 0.1) is 5.41 Å². The van der Waals surface area contributed by atoms with E-state index in [1.807, 2.05) is 16.7 Å². The Labute approximate surface area is 125 Å². The number of rotatable bonds is 3. The predicted molar refractivity (Wildman–Crippen MR) is 80.9 cm³/mol. The van der Waals surface area contributed by atoms with Gasteiger partial charge in [0.15, 0.2) is 0 Å². The molecule has 2 aliphatic rings. The van der Waals surface area contributed by atoms with Crippen molar-refractivity contribution in [1.29, 1.82) is 0 Å². The van der Waals surface area contributed by atoms with E-state index in [4.69, 9.17) is 0 Å². The summed E-state index contributed by atoms with van der Waals surface area (Å²) in [6.45, 7) is 4.97. The van der Waals surface area contributed by atoms with E-state index >= 15 is 0 Å². The van der Waals surface area contributed by atoms with Crippen LogP contribution in [0.5, 0.6) is 0 Å². The molecule has 1 aliphatic heterocycles. The van der Waals surface area contributed by atoms with Crippen LogP contribution >= 0.6 is 11.8 Å². The summed E-state index contributed by atoms with van der Waals surface area (Å²) in [6.07, 6.45) is 4.45. The van der Waals surface area contributed by atoms with Crippen LogP contribution in [0.25, 0.3) is 0 Å². The van der Waals surface area contributed by atoms with Crippen molar-refractivity contribution >= 4 is 23.6 Å². The lowest BCUT2D eigenvalue weighted by molar-refractivity contribution is -0.156. The van der Waals surface area contributed by atoms with Crippen LogP contribution in [0.2, 0.25) is 0 Å². The van der Waals surface area contributed by atoms with Gasteiger partial charge in [-0.15, -0.1) is 0 Å². The molecule has 1 saturated carbocycles. The maximum absolute atomic E-state index is 12.6. The third kappa shape index (κ3) is 3.13. The molecule has 2 fully saturated rings. The summed E-state index contributed by atoms with van der Waals surface area (Å²) < 4.78 is 0. The maximum atomic E-state index is 12.6. The summed E-state index contributed by atoms with van der Waals surface area (Å²) in [5, 5.41) is 10.0. The highest BCUT2D eigenvalue weighted by Crippen LogP contribution is 2.40. The van der Waals surface area contributed by atoms with Crippen LogP contribution in [0.3, 0.4) is 0 Å². The molecule has 20 heavy (non-hydrogen) atoms. The molecular weight excluding hydrogens is 274 g/mol. The zero-order valence-electron chi connectivity index (χ0n) is 12.4. The summed E-state index contributed by atoms with van der Waals surface area (Å²) in [4.78, 5) is 26.2. The van der Waals surface area contributed by atoms with Gasteiger partial charge in [-0.1, -0.05) is 26.2 Å². The summed E-state index contributed by atoms with van der Waals surface area (Å²) >= 11 is 1.89. The minimum absolute atomic E-state index is 0.0361. The SMILES string of the molecule is CC1SCCN(C(=O)CC2(C(=O)O)CCCCC2)C1C. The number of carboxylic acids is 1. The maximum Gasteiger partial charge on any atom is 0.310 e. The van der Waals surface area contributed by atoms with E-state index in [-0.39, 0.29) is 18.4 Å². The van der Waals surface area contributed by atoms with Gasteiger partial charge in [0, 0.05) is 30.0 Å². The first kappa shape index (κ1) is 15.7.